The molecule has 0 aliphatic heterocycles. The second kappa shape index (κ2) is 6.02. The van der Waals surface area contributed by atoms with Crippen molar-refractivity contribution in [2.75, 3.05) is 5.32 Å². The molecule has 0 spiro atoms. The van der Waals surface area contributed by atoms with Gasteiger partial charge in [0.1, 0.15) is 11.3 Å². The Morgan fingerprint density at radius 3 is 2.67 bits per heavy atom. The van der Waals surface area contributed by atoms with E-state index in [0.29, 0.717) is 11.3 Å². The minimum absolute atomic E-state index is 0.212. The lowest BCUT2D eigenvalue weighted by Crippen LogP contribution is -2.13. The molecule has 0 saturated heterocycles. The Hall–Kier alpha value is -2.93. The van der Waals surface area contributed by atoms with E-state index in [-0.39, 0.29) is 23.5 Å². The van der Waals surface area contributed by atoms with Crippen LogP contribution in [0.25, 0.3) is 0 Å². The van der Waals surface area contributed by atoms with Crippen molar-refractivity contribution in [3.63, 3.8) is 0 Å². The van der Waals surface area contributed by atoms with Crippen LogP contribution >= 0.6 is 0 Å². The average molecular weight is 287 g/mol. The highest BCUT2D eigenvalue weighted by Crippen LogP contribution is 2.21. The van der Waals surface area contributed by atoms with Crippen molar-refractivity contribution in [1.82, 2.24) is 4.98 Å². The third kappa shape index (κ3) is 3.34. The Bertz CT molecular complexity index is 700. The molecule has 7 nitrogen and oxygen atoms in total. The van der Waals surface area contributed by atoms with Crippen molar-refractivity contribution < 1.29 is 19.8 Å². The molecule has 1 aromatic heterocycles. The molecule has 1 amide bonds. The normalized spacial score (nSPS) is 10.1. The van der Waals surface area contributed by atoms with Crippen molar-refractivity contribution >= 4 is 17.6 Å². The molecule has 5 N–H and O–H groups in total. The second-order valence-corrected chi connectivity index (χ2v) is 4.23. The minimum Gasteiger partial charge on any atom is -0.507 e. The zero-order chi connectivity index (χ0) is 15.4. The fourth-order valence-corrected chi connectivity index (χ4v) is 1.72. The number of amides is 1. The summed E-state index contributed by atoms with van der Waals surface area (Å²) in [6.07, 6.45) is 1.47. The van der Waals surface area contributed by atoms with Crippen molar-refractivity contribution in [2.45, 2.75) is 6.54 Å². The molecule has 0 saturated carbocycles. The molecule has 0 atom stereocenters. The van der Waals surface area contributed by atoms with Gasteiger partial charge in [-0.3, -0.25) is 9.78 Å². The topological polar surface area (TPSA) is 126 Å². The van der Waals surface area contributed by atoms with E-state index in [4.69, 9.17) is 10.8 Å². The SMILES string of the molecule is NCc1cc(C(=O)Nc2ccc(O)c(C(=O)O)c2)ccn1. The molecular formula is C14H13N3O4. The van der Waals surface area contributed by atoms with Crippen LogP contribution in [0, 0.1) is 0 Å². The molecule has 1 aromatic carbocycles. The molecule has 0 fully saturated rings. The van der Waals surface area contributed by atoms with E-state index in [1.807, 2.05) is 0 Å². The van der Waals surface area contributed by atoms with Crippen molar-refractivity contribution in [1.29, 1.82) is 0 Å². The van der Waals surface area contributed by atoms with E-state index in [2.05, 4.69) is 10.3 Å². The quantitative estimate of drug-likeness (QED) is 0.626. The number of aromatic hydroxyl groups is 1. The molecule has 108 valence electrons. The van der Waals surface area contributed by atoms with E-state index < -0.39 is 11.9 Å². The molecule has 7 heteroatoms. The fraction of sp³-hybridized carbons (Fsp3) is 0.0714. The number of carbonyl (C=O) groups excluding carboxylic acids is 1. The Labute approximate surface area is 120 Å². The Morgan fingerprint density at radius 2 is 2.00 bits per heavy atom. The first-order chi connectivity index (χ1) is 10.0. The number of carboxylic acid groups (broad SMARTS) is 1. The highest BCUT2D eigenvalue weighted by Gasteiger charge is 2.12. The summed E-state index contributed by atoms with van der Waals surface area (Å²) in [5.74, 6) is -2.07. The summed E-state index contributed by atoms with van der Waals surface area (Å²) in [5.41, 5.74) is 6.36. The molecular weight excluding hydrogens is 274 g/mol. The van der Waals surface area contributed by atoms with Crippen LogP contribution in [0.15, 0.2) is 36.5 Å². The molecule has 2 aromatic rings. The van der Waals surface area contributed by atoms with Gasteiger partial charge in [0.25, 0.3) is 5.91 Å². The number of nitrogens with two attached hydrogens (primary N) is 1. The smallest absolute Gasteiger partial charge is 0.339 e. The predicted octanol–water partition coefficient (Wildman–Crippen LogP) is 1.20. The van der Waals surface area contributed by atoms with Gasteiger partial charge in [-0.05, 0) is 30.3 Å². The largest absolute Gasteiger partial charge is 0.507 e. The van der Waals surface area contributed by atoms with Crippen LogP contribution in [0.3, 0.4) is 0 Å². The lowest BCUT2D eigenvalue weighted by molar-refractivity contribution is 0.0693. The number of nitrogens with one attached hydrogen (secondary N) is 1. The first-order valence-corrected chi connectivity index (χ1v) is 6.04. The summed E-state index contributed by atoms with van der Waals surface area (Å²) in [5, 5.41) is 20.9. The van der Waals surface area contributed by atoms with Crippen LogP contribution in [-0.4, -0.2) is 27.1 Å². The lowest BCUT2D eigenvalue weighted by atomic mass is 10.1. The van der Waals surface area contributed by atoms with Gasteiger partial charge in [-0.1, -0.05) is 0 Å². The average Bonchev–Trinajstić information content (AvgIpc) is 2.49. The number of carboxylic acids is 1. The van der Waals surface area contributed by atoms with Crippen LogP contribution in [0.5, 0.6) is 5.75 Å². The van der Waals surface area contributed by atoms with E-state index in [0.717, 1.165) is 0 Å². The Kier molecular flexibility index (Phi) is 4.15. The number of hydrogen-bond acceptors (Lipinski definition) is 5. The number of aromatic nitrogens is 1. The summed E-state index contributed by atoms with van der Waals surface area (Å²) in [4.78, 5) is 27.0. The maximum absolute atomic E-state index is 12.1. The van der Waals surface area contributed by atoms with Crippen LogP contribution in [0.4, 0.5) is 5.69 Å². The highest BCUT2D eigenvalue weighted by atomic mass is 16.4. The Morgan fingerprint density at radius 1 is 1.24 bits per heavy atom. The minimum atomic E-state index is -1.28. The fourth-order valence-electron chi connectivity index (χ4n) is 1.72. The molecule has 0 bridgehead atoms. The number of anilines is 1. The second-order valence-electron chi connectivity index (χ2n) is 4.23. The summed E-state index contributed by atoms with van der Waals surface area (Å²) < 4.78 is 0. The van der Waals surface area contributed by atoms with E-state index in [1.165, 1.54) is 30.5 Å². The van der Waals surface area contributed by atoms with E-state index in [1.54, 1.807) is 6.07 Å². The van der Waals surface area contributed by atoms with Gasteiger partial charge in [0, 0.05) is 24.0 Å². The van der Waals surface area contributed by atoms with Crippen LogP contribution in [-0.2, 0) is 6.54 Å². The van der Waals surface area contributed by atoms with Gasteiger partial charge in [-0.25, -0.2) is 4.79 Å². The van der Waals surface area contributed by atoms with Crippen LogP contribution < -0.4 is 11.1 Å². The molecule has 0 unspecified atom stereocenters. The first kappa shape index (κ1) is 14.5. The van der Waals surface area contributed by atoms with E-state index >= 15 is 0 Å². The van der Waals surface area contributed by atoms with Gasteiger partial charge in [0.2, 0.25) is 0 Å². The van der Waals surface area contributed by atoms with Crippen molar-refractivity contribution in [3.05, 3.63) is 53.3 Å². The maximum atomic E-state index is 12.1. The number of hydrogen-bond donors (Lipinski definition) is 4. The molecule has 0 aliphatic rings. The van der Waals surface area contributed by atoms with Gasteiger partial charge in [-0.2, -0.15) is 0 Å². The number of benzene rings is 1. The number of phenols is 1. The van der Waals surface area contributed by atoms with Crippen molar-refractivity contribution in [2.24, 2.45) is 5.73 Å². The standard InChI is InChI=1S/C14H13N3O4/c15-7-10-5-8(3-4-16-10)13(19)17-9-1-2-12(18)11(6-9)14(20)21/h1-6,18H,7,15H2,(H,17,19)(H,20,21). The highest BCUT2D eigenvalue weighted by molar-refractivity contribution is 6.05. The summed E-state index contributed by atoms with van der Waals surface area (Å²) in [6, 6.07) is 6.86. The summed E-state index contributed by atoms with van der Waals surface area (Å²) >= 11 is 0. The van der Waals surface area contributed by atoms with Crippen LogP contribution in [0.2, 0.25) is 0 Å². The summed E-state index contributed by atoms with van der Waals surface area (Å²) in [7, 11) is 0. The van der Waals surface area contributed by atoms with Crippen LogP contribution in [0.1, 0.15) is 26.4 Å². The number of aromatic carboxylic acids is 1. The zero-order valence-corrected chi connectivity index (χ0v) is 10.9. The third-order valence-electron chi connectivity index (χ3n) is 2.77. The zero-order valence-electron chi connectivity index (χ0n) is 10.9. The molecule has 2 rings (SSSR count). The van der Waals surface area contributed by atoms with Crippen molar-refractivity contribution in [3.8, 4) is 5.75 Å². The van der Waals surface area contributed by atoms with Gasteiger partial charge in [0.05, 0.1) is 5.69 Å². The lowest BCUT2D eigenvalue weighted by Gasteiger charge is -2.08. The molecule has 0 aliphatic carbocycles. The predicted molar refractivity (Wildman–Crippen MR) is 75.1 cm³/mol. The van der Waals surface area contributed by atoms with Gasteiger partial charge in [-0.15, -0.1) is 0 Å². The van der Waals surface area contributed by atoms with E-state index in [9.17, 15) is 14.7 Å². The number of carbonyl (C=O) groups is 2. The van der Waals surface area contributed by atoms with Gasteiger partial charge < -0.3 is 21.3 Å². The maximum Gasteiger partial charge on any atom is 0.339 e. The van der Waals surface area contributed by atoms with Gasteiger partial charge in [0.15, 0.2) is 0 Å². The number of nitrogens with zero attached hydrogens (tertiary/aromatic N) is 1. The monoisotopic (exact) mass is 287 g/mol. The van der Waals surface area contributed by atoms with Gasteiger partial charge >= 0.3 is 5.97 Å². The third-order valence-corrected chi connectivity index (χ3v) is 2.77. The molecule has 0 radical (unpaired) electrons. The molecule has 1 heterocycles. The molecule has 21 heavy (non-hydrogen) atoms. The first-order valence-electron chi connectivity index (χ1n) is 6.04. The number of pyridine rings is 1. The number of rotatable bonds is 4. The Balaban J connectivity index is 2.23. The summed E-state index contributed by atoms with van der Waals surface area (Å²) in [6.45, 7) is 0.212.